The first-order chi connectivity index (χ1) is 8.16. The molecule has 0 unspecified atom stereocenters. The van der Waals surface area contributed by atoms with Crippen molar-refractivity contribution in [2.24, 2.45) is 0 Å². The van der Waals surface area contributed by atoms with Gasteiger partial charge in [-0.25, -0.2) is 0 Å². The minimum Gasteiger partial charge on any atom is -0.507 e. The van der Waals surface area contributed by atoms with E-state index in [0.717, 1.165) is 11.1 Å². The van der Waals surface area contributed by atoms with E-state index in [1.807, 2.05) is 30.3 Å². The van der Waals surface area contributed by atoms with E-state index in [1.54, 1.807) is 18.2 Å². The molecule has 0 saturated carbocycles. The molecule has 17 heavy (non-hydrogen) atoms. The zero-order valence-electron chi connectivity index (χ0n) is 9.47. The molecule has 0 bridgehead atoms. The molecule has 86 valence electrons. The first-order valence-electron chi connectivity index (χ1n) is 5.33. The monoisotopic (exact) mass is 227 g/mol. The lowest BCUT2D eigenvalue weighted by Gasteiger charge is -2.07. The fourth-order valence-corrected chi connectivity index (χ4v) is 1.67. The number of hydrogen-bond acceptors (Lipinski definition) is 2. The summed E-state index contributed by atoms with van der Waals surface area (Å²) in [4.78, 5) is 10.9. The smallest absolute Gasteiger partial charge is 0.221 e. The Balaban J connectivity index is 2.35. The summed E-state index contributed by atoms with van der Waals surface area (Å²) in [6.07, 6.45) is 0. The number of phenols is 1. The fourth-order valence-electron chi connectivity index (χ4n) is 1.67. The van der Waals surface area contributed by atoms with Crippen molar-refractivity contribution in [1.29, 1.82) is 0 Å². The first kappa shape index (κ1) is 11.2. The van der Waals surface area contributed by atoms with Gasteiger partial charge in [0.05, 0.1) is 0 Å². The largest absolute Gasteiger partial charge is 0.507 e. The average Bonchev–Trinajstić information content (AvgIpc) is 2.29. The highest BCUT2D eigenvalue weighted by Crippen LogP contribution is 2.31. The second-order valence-electron chi connectivity index (χ2n) is 3.78. The van der Waals surface area contributed by atoms with Crippen LogP contribution >= 0.6 is 0 Å². The quantitative estimate of drug-likeness (QED) is 0.828. The van der Waals surface area contributed by atoms with Gasteiger partial charge in [-0.2, -0.15) is 0 Å². The lowest BCUT2D eigenvalue weighted by Crippen LogP contribution is -2.05. The van der Waals surface area contributed by atoms with Gasteiger partial charge >= 0.3 is 0 Å². The van der Waals surface area contributed by atoms with Crippen LogP contribution in [0.25, 0.3) is 11.1 Å². The second kappa shape index (κ2) is 4.70. The van der Waals surface area contributed by atoms with Crippen LogP contribution in [-0.4, -0.2) is 11.0 Å². The molecular formula is C14H13NO2. The Bertz CT molecular complexity index is 535. The molecule has 2 rings (SSSR count). The molecule has 0 spiro atoms. The fraction of sp³-hybridized carbons (Fsp3) is 0.0714. The van der Waals surface area contributed by atoms with Crippen LogP contribution in [0, 0.1) is 0 Å². The molecule has 0 fully saturated rings. The Morgan fingerprint density at radius 3 is 2.41 bits per heavy atom. The summed E-state index contributed by atoms with van der Waals surface area (Å²) in [5, 5.41) is 12.5. The normalized spacial score (nSPS) is 9.94. The van der Waals surface area contributed by atoms with Crippen molar-refractivity contribution in [2.75, 3.05) is 5.32 Å². The molecule has 3 heteroatoms. The average molecular weight is 227 g/mol. The molecule has 1 amide bonds. The van der Waals surface area contributed by atoms with E-state index in [4.69, 9.17) is 0 Å². The van der Waals surface area contributed by atoms with Gasteiger partial charge in [0.2, 0.25) is 5.91 Å². The lowest BCUT2D eigenvalue weighted by molar-refractivity contribution is -0.114. The maximum Gasteiger partial charge on any atom is 0.221 e. The van der Waals surface area contributed by atoms with Gasteiger partial charge in [0.25, 0.3) is 0 Å². The highest BCUT2D eigenvalue weighted by molar-refractivity contribution is 5.89. The van der Waals surface area contributed by atoms with E-state index in [1.165, 1.54) is 6.92 Å². The first-order valence-corrected chi connectivity index (χ1v) is 5.33. The van der Waals surface area contributed by atoms with Crippen LogP contribution in [-0.2, 0) is 4.79 Å². The standard InChI is InChI=1S/C14H13NO2/c1-10(16)15-12-7-8-13(14(17)9-12)11-5-3-2-4-6-11/h2-9,17H,1H3,(H,15,16). The zero-order valence-corrected chi connectivity index (χ0v) is 9.47. The molecule has 2 aromatic carbocycles. The molecule has 0 radical (unpaired) electrons. The number of nitrogens with one attached hydrogen (secondary N) is 1. The van der Waals surface area contributed by atoms with Gasteiger partial charge < -0.3 is 10.4 Å². The highest BCUT2D eigenvalue weighted by Gasteiger charge is 2.05. The molecule has 0 aliphatic heterocycles. The number of hydrogen-bond donors (Lipinski definition) is 2. The van der Waals surface area contributed by atoms with Gasteiger partial charge in [-0.05, 0) is 17.7 Å². The maximum absolute atomic E-state index is 10.9. The zero-order chi connectivity index (χ0) is 12.3. The van der Waals surface area contributed by atoms with Crippen molar-refractivity contribution < 1.29 is 9.90 Å². The van der Waals surface area contributed by atoms with Gasteiger partial charge in [-0.1, -0.05) is 30.3 Å². The number of aromatic hydroxyl groups is 1. The van der Waals surface area contributed by atoms with E-state index < -0.39 is 0 Å². The third kappa shape index (κ3) is 2.64. The lowest BCUT2D eigenvalue weighted by atomic mass is 10.0. The Kier molecular flexibility index (Phi) is 3.10. The summed E-state index contributed by atoms with van der Waals surface area (Å²) < 4.78 is 0. The van der Waals surface area contributed by atoms with Crippen LogP contribution in [0.5, 0.6) is 5.75 Å². The summed E-state index contributed by atoms with van der Waals surface area (Å²) in [6.45, 7) is 1.43. The van der Waals surface area contributed by atoms with Crippen molar-refractivity contribution in [3.8, 4) is 16.9 Å². The van der Waals surface area contributed by atoms with E-state index in [-0.39, 0.29) is 11.7 Å². The Hall–Kier alpha value is -2.29. The second-order valence-corrected chi connectivity index (χ2v) is 3.78. The summed E-state index contributed by atoms with van der Waals surface area (Å²) in [5.74, 6) is -0.000638. The molecule has 0 atom stereocenters. The van der Waals surface area contributed by atoms with Crippen molar-refractivity contribution >= 4 is 11.6 Å². The Labute approximate surface area is 99.7 Å². The molecule has 3 nitrogen and oxygen atoms in total. The van der Waals surface area contributed by atoms with Gasteiger partial charge in [0.1, 0.15) is 5.75 Å². The van der Waals surface area contributed by atoms with Crippen LogP contribution in [0.3, 0.4) is 0 Å². The maximum atomic E-state index is 10.9. The van der Waals surface area contributed by atoms with E-state index in [0.29, 0.717) is 5.69 Å². The van der Waals surface area contributed by atoms with Crippen LogP contribution in [0.4, 0.5) is 5.69 Å². The van der Waals surface area contributed by atoms with E-state index >= 15 is 0 Å². The van der Waals surface area contributed by atoms with Crippen molar-refractivity contribution in [3.05, 3.63) is 48.5 Å². The van der Waals surface area contributed by atoms with Crippen LogP contribution in [0.1, 0.15) is 6.92 Å². The Morgan fingerprint density at radius 2 is 1.82 bits per heavy atom. The minimum atomic E-state index is -0.156. The highest BCUT2D eigenvalue weighted by atomic mass is 16.3. The number of benzene rings is 2. The van der Waals surface area contributed by atoms with Gasteiger partial charge in [0, 0.05) is 24.2 Å². The number of carbonyl (C=O) groups excluding carboxylic acids is 1. The molecule has 2 aromatic rings. The molecule has 0 aliphatic carbocycles. The molecule has 0 heterocycles. The van der Waals surface area contributed by atoms with E-state index in [2.05, 4.69) is 5.32 Å². The number of carbonyl (C=O) groups is 1. The Morgan fingerprint density at radius 1 is 1.12 bits per heavy atom. The summed E-state index contributed by atoms with van der Waals surface area (Å²) in [6, 6.07) is 14.7. The molecule has 0 aliphatic rings. The van der Waals surface area contributed by atoms with Crippen LogP contribution in [0.15, 0.2) is 48.5 Å². The minimum absolute atomic E-state index is 0.155. The topological polar surface area (TPSA) is 49.3 Å². The van der Waals surface area contributed by atoms with Gasteiger partial charge in [-0.15, -0.1) is 0 Å². The third-order valence-corrected chi connectivity index (χ3v) is 2.40. The number of amides is 1. The number of phenolic OH excluding ortho intramolecular Hbond substituents is 1. The van der Waals surface area contributed by atoms with Crippen molar-refractivity contribution in [2.45, 2.75) is 6.92 Å². The summed E-state index contributed by atoms with van der Waals surface area (Å²) in [5.41, 5.74) is 2.29. The van der Waals surface area contributed by atoms with Crippen molar-refractivity contribution in [3.63, 3.8) is 0 Å². The van der Waals surface area contributed by atoms with Gasteiger partial charge in [0.15, 0.2) is 0 Å². The SMILES string of the molecule is CC(=O)Nc1ccc(-c2ccccc2)c(O)c1. The third-order valence-electron chi connectivity index (χ3n) is 2.40. The van der Waals surface area contributed by atoms with Gasteiger partial charge in [-0.3, -0.25) is 4.79 Å². The molecule has 2 N–H and O–H groups in total. The molecule has 0 aromatic heterocycles. The van der Waals surface area contributed by atoms with E-state index in [9.17, 15) is 9.90 Å². The molecule has 0 saturated heterocycles. The molecular weight excluding hydrogens is 214 g/mol. The van der Waals surface area contributed by atoms with Crippen LogP contribution in [0.2, 0.25) is 0 Å². The number of anilines is 1. The summed E-state index contributed by atoms with van der Waals surface area (Å²) in [7, 11) is 0. The summed E-state index contributed by atoms with van der Waals surface area (Å²) >= 11 is 0. The predicted molar refractivity (Wildman–Crippen MR) is 67.8 cm³/mol. The van der Waals surface area contributed by atoms with Crippen molar-refractivity contribution in [1.82, 2.24) is 0 Å². The number of rotatable bonds is 2. The predicted octanol–water partition coefficient (Wildman–Crippen LogP) is 3.02. The van der Waals surface area contributed by atoms with Crippen LogP contribution < -0.4 is 5.32 Å².